The molecule has 0 amide bonds. The van der Waals surface area contributed by atoms with E-state index in [1.807, 2.05) is 13.8 Å². The van der Waals surface area contributed by atoms with Crippen LogP contribution < -0.4 is 15.2 Å². The molecule has 0 aliphatic carbocycles. The predicted molar refractivity (Wildman–Crippen MR) is 70.9 cm³/mol. The lowest BCUT2D eigenvalue weighted by Gasteiger charge is -2.24. The van der Waals surface area contributed by atoms with E-state index in [-0.39, 0.29) is 5.82 Å². The van der Waals surface area contributed by atoms with Crippen molar-refractivity contribution in [3.8, 4) is 11.5 Å². The van der Waals surface area contributed by atoms with Crippen molar-refractivity contribution in [2.24, 2.45) is 5.73 Å². The molecule has 18 heavy (non-hydrogen) atoms. The second-order valence-corrected chi connectivity index (χ2v) is 5.27. The first kappa shape index (κ1) is 14.8. The van der Waals surface area contributed by atoms with Crippen LogP contribution in [-0.2, 0) is 6.42 Å². The zero-order valence-electron chi connectivity index (χ0n) is 12.0. The molecule has 0 aromatic heterocycles. The third-order valence-electron chi connectivity index (χ3n) is 2.97. The summed E-state index contributed by atoms with van der Waals surface area (Å²) >= 11 is 0. The molecule has 0 fully saturated rings. The normalized spacial score (nSPS) is 11.6. The van der Waals surface area contributed by atoms with Gasteiger partial charge in [-0.3, -0.25) is 0 Å². The van der Waals surface area contributed by atoms with E-state index in [4.69, 9.17) is 15.2 Å². The van der Waals surface area contributed by atoms with Crippen molar-refractivity contribution in [2.75, 3.05) is 14.2 Å². The molecule has 0 heterocycles. The quantitative estimate of drug-likeness (QED) is 0.899. The maximum Gasteiger partial charge on any atom is 0.166 e. The average Bonchev–Trinajstić information content (AvgIpc) is 2.28. The lowest BCUT2D eigenvalue weighted by molar-refractivity contribution is 0.342. The van der Waals surface area contributed by atoms with Crippen LogP contribution in [0.5, 0.6) is 11.5 Å². The molecule has 0 saturated carbocycles. The van der Waals surface area contributed by atoms with Crippen molar-refractivity contribution in [3.05, 3.63) is 22.5 Å². The smallest absolute Gasteiger partial charge is 0.166 e. The minimum atomic E-state index is -0.440. The second kappa shape index (κ2) is 5.14. The Labute approximate surface area is 108 Å². The molecule has 0 saturated heterocycles. The van der Waals surface area contributed by atoms with Crippen LogP contribution >= 0.6 is 0 Å². The Morgan fingerprint density at radius 3 is 1.94 bits per heavy atom. The molecule has 1 aromatic carbocycles. The second-order valence-electron chi connectivity index (χ2n) is 5.27. The molecule has 0 atom stereocenters. The van der Waals surface area contributed by atoms with Gasteiger partial charge in [0.15, 0.2) is 11.5 Å². The van der Waals surface area contributed by atoms with Gasteiger partial charge in [0.2, 0.25) is 0 Å². The van der Waals surface area contributed by atoms with E-state index in [2.05, 4.69) is 0 Å². The summed E-state index contributed by atoms with van der Waals surface area (Å²) in [6, 6.07) is 0. The summed E-state index contributed by atoms with van der Waals surface area (Å²) in [5, 5.41) is 0. The van der Waals surface area contributed by atoms with Crippen LogP contribution in [0.1, 0.15) is 30.5 Å². The standard InChI is InChI=1S/C14H22FNO2/c1-8-10(7-14(3,4)16)13(18-6)12(17-5)9(2)11(8)15/h7,16H2,1-6H3. The Morgan fingerprint density at radius 1 is 1.06 bits per heavy atom. The van der Waals surface area contributed by atoms with Gasteiger partial charge in [-0.2, -0.15) is 0 Å². The Balaban J connectivity index is 3.53. The van der Waals surface area contributed by atoms with Crippen molar-refractivity contribution >= 4 is 0 Å². The van der Waals surface area contributed by atoms with Gasteiger partial charge in [0.25, 0.3) is 0 Å². The molecule has 0 radical (unpaired) electrons. The van der Waals surface area contributed by atoms with Crippen LogP contribution in [0.15, 0.2) is 0 Å². The fourth-order valence-corrected chi connectivity index (χ4v) is 2.12. The molecule has 4 heteroatoms. The van der Waals surface area contributed by atoms with Gasteiger partial charge in [0.05, 0.1) is 14.2 Å². The summed E-state index contributed by atoms with van der Waals surface area (Å²) in [6.07, 6.45) is 0.523. The van der Waals surface area contributed by atoms with E-state index >= 15 is 0 Å². The number of hydrogen-bond donors (Lipinski definition) is 1. The fraction of sp³-hybridized carbons (Fsp3) is 0.571. The van der Waals surface area contributed by atoms with Crippen molar-refractivity contribution < 1.29 is 13.9 Å². The monoisotopic (exact) mass is 255 g/mol. The van der Waals surface area contributed by atoms with Crippen LogP contribution in [0.25, 0.3) is 0 Å². The van der Waals surface area contributed by atoms with Crippen LogP contribution in [0.2, 0.25) is 0 Å². The molecule has 0 unspecified atom stereocenters. The Kier molecular flexibility index (Phi) is 4.22. The number of halogens is 1. The predicted octanol–water partition coefficient (Wildman–Crippen LogP) is 2.74. The molecule has 0 aliphatic heterocycles. The van der Waals surface area contributed by atoms with Gasteiger partial charge in [0.1, 0.15) is 5.82 Å². The first-order chi connectivity index (χ1) is 8.22. The van der Waals surface area contributed by atoms with Crippen molar-refractivity contribution in [3.63, 3.8) is 0 Å². The Hall–Kier alpha value is -1.29. The highest BCUT2D eigenvalue weighted by atomic mass is 19.1. The number of nitrogens with two attached hydrogens (primary N) is 1. The highest BCUT2D eigenvalue weighted by molar-refractivity contribution is 5.56. The molecular weight excluding hydrogens is 233 g/mol. The van der Waals surface area contributed by atoms with Gasteiger partial charge >= 0.3 is 0 Å². The largest absolute Gasteiger partial charge is 0.493 e. The molecule has 0 bridgehead atoms. The van der Waals surface area contributed by atoms with Crippen LogP contribution in [0, 0.1) is 19.7 Å². The molecule has 102 valence electrons. The summed E-state index contributed by atoms with van der Waals surface area (Å²) in [5.74, 6) is 0.763. The van der Waals surface area contributed by atoms with Gasteiger partial charge < -0.3 is 15.2 Å². The highest BCUT2D eigenvalue weighted by Crippen LogP contribution is 2.40. The number of rotatable bonds is 4. The Morgan fingerprint density at radius 2 is 1.56 bits per heavy atom. The van der Waals surface area contributed by atoms with E-state index < -0.39 is 5.54 Å². The summed E-state index contributed by atoms with van der Waals surface area (Å²) in [4.78, 5) is 0. The van der Waals surface area contributed by atoms with Crippen LogP contribution in [0.3, 0.4) is 0 Å². The minimum Gasteiger partial charge on any atom is -0.493 e. The van der Waals surface area contributed by atoms with Gasteiger partial charge in [-0.25, -0.2) is 4.39 Å². The van der Waals surface area contributed by atoms with Gasteiger partial charge in [-0.1, -0.05) is 0 Å². The average molecular weight is 255 g/mol. The van der Waals surface area contributed by atoms with Gasteiger partial charge in [0, 0.05) is 16.7 Å². The van der Waals surface area contributed by atoms with Crippen LogP contribution in [-0.4, -0.2) is 19.8 Å². The van der Waals surface area contributed by atoms with Gasteiger partial charge in [-0.15, -0.1) is 0 Å². The molecule has 2 N–H and O–H groups in total. The van der Waals surface area contributed by atoms with E-state index in [0.717, 1.165) is 5.56 Å². The third-order valence-corrected chi connectivity index (χ3v) is 2.97. The summed E-state index contributed by atoms with van der Waals surface area (Å²) in [7, 11) is 3.07. The number of benzene rings is 1. The van der Waals surface area contributed by atoms with Gasteiger partial charge in [-0.05, 0) is 39.7 Å². The highest BCUT2D eigenvalue weighted by Gasteiger charge is 2.24. The zero-order valence-corrected chi connectivity index (χ0v) is 12.0. The molecule has 0 aliphatic rings. The third kappa shape index (κ3) is 2.75. The first-order valence-electron chi connectivity index (χ1n) is 5.91. The number of ether oxygens (including phenoxy) is 2. The minimum absolute atomic E-state index is 0.257. The van der Waals surface area contributed by atoms with E-state index in [1.54, 1.807) is 21.0 Å². The zero-order chi connectivity index (χ0) is 14.1. The molecule has 0 spiro atoms. The lowest BCUT2D eigenvalue weighted by Crippen LogP contribution is -2.35. The first-order valence-corrected chi connectivity index (χ1v) is 5.91. The SMILES string of the molecule is COc1c(C)c(F)c(C)c(CC(C)(C)N)c1OC. The summed E-state index contributed by atoms with van der Waals surface area (Å²) < 4.78 is 24.8. The van der Waals surface area contributed by atoms with Crippen molar-refractivity contribution in [2.45, 2.75) is 39.7 Å². The molecule has 3 nitrogen and oxygen atoms in total. The molecule has 1 rings (SSSR count). The van der Waals surface area contributed by atoms with Crippen LogP contribution in [0.4, 0.5) is 4.39 Å². The van der Waals surface area contributed by atoms with E-state index in [1.165, 1.54) is 7.11 Å². The Bertz CT molecular complexity index is 450. The van der Waals surface area contributed by atoms with Crippen molar-refractivity contribution in [1.29, 1.82) is 0 Å². The number of methoxy groups -OCH3 is 2. The van der Waals surface area contributed by atoms with Crippen molar-refractivity contribution in [1.82, 2.24) is 0 Å². The lowest BCUT2D eigenvalue weighted by atomic mass is 9.90. The number of hydrogen-bond acceptors (Lipinski definition) is 3. The maximum atomic E-state index is 14.2. The fourth-order valence-electron chi connectivity index (χ4n) is 2.12. The summed E-state index contributed by atoms with van der Waals surface area (Å²) in [5.41, 5.74) is 7.39. The van der Waals surface area contributed by atoms with E-state index in [9.17, 15) is 4.39 Å². The van der Waals surface area contributed by atoms with E-state index in [0.29, 0.717) is 29.0 Å². The topological polar surface area (TPSA) is 44.5 Å². The maximum absolute atomic E-state index is 14.2. The molecule has 1 aromatic rings. The summed E-state index contributed by atoms with van der Waals surface area (Å²) in [6.45, 7) is 7.22. The molecular formula is C14H22FNO2.